The van der Waals surface area contributed by atoms with E-state index in [0.717, 1.165) is 43.3 Å². The first-order chi connectivity index (χ1) is 6.26. The molecule has 0 aromatic rings. The van der Waals surface area contributed by atoms with Crippen molar-refractivity contribution < 1.29 is 0 Å². The summed E-state index contributed by atoms with van der Waals surface area (Å²) in [6.45, 7) is 0. The second-order valence-electron chi connectivity index (χ2n) is 2.84. The molecular weight excluding hydrogens is 164 g/mol. The highest BCUT2D eigenvalue weighted by Gasteiger charge is 2.06. The Kier molecular flexibility index (Phi) is 6.34. The van der Waals surface area contributed by atoms with E-state index < -0.39 is 0 Å². The van der Waals surface area contributed by atoms with E-state index in [4.69, 9.17) is 16.4 Å². The number of nitrogens with two attached hydrogens (primary N) is 2. The van der Waals surface area contributed by atoms with E-state index in [2.05, 4.69) is 11.8 Å². The van der Waals surface area contributed by atoms with Crippen molar-refractivity contribution in [3.05, 3.63) is 11.3 Å². The number of nitrogens with zero attached hydrogens (tertiary/aromatic N) is 1. The molecule has 4 nitrogen and oxygen atoms in total. The fourth-order valence-electron chi connectivity index (χ4n) is 1.23. The van der Waals surface area contributed by atoms with Crippen molar-refractivity contribution in [3.8, 4) is 6.07 Å². The van der Waals surface area contributed by atoms with Gasteiger partial charge in [0.2, 0.25) is 0 Å². The van der Waals surface area contributed by atoms with Gasteiger partial charge in [-0.3, -0.25) is 5.41 Å². The van der Waals surface area contributed by atoms with E-state index in [1.807, 2.05) is 0 Å². The second kappa shape index (κ2) is 7.17. The largest absolute Gasteiger partial charge is 0.401 e. The molecule has 0 aromatic heterocycles. The Morgan fingerprint density at radius 1 is 1.31 bits per heavy atom. The van der Waals surface area contributed by atoms with Crippen LogP contribution in [0.3, 0.4) is 0 Å². The van der Waals surface area contributed by atoms with Crippen LogP contribution in [0.4, 0.5) is 0 Å². The van der Waals surface area contributed by atoms with Crippen LogP contribution in [0, 0.1) is 16.7 Å². The first-order valence-electron chi connectivity index (χ1n) is 4.34. The van der Waals surface area contributed by atoms with Gasteiger partial charge in [0.25, 0.3) is 0 Å². The normalized spacial score (nSPS) is 16.2. The number of hydrogen-bond acceptors (Lipinski definition) is 3. The molecule has 0 fully saturated rings. The van der Waals surface area contributed by atoms with Gasteiger partial charge in [0.15, 0.2) is 0 Å². The maximum Gasteiger partial charge on any atom is 0.0965 e. The summed E-state index contributed by atoms with van der Waals surface area (Å²) >= 11 is 0. The highest BCUT2D eigenvalue weighted by Crippen LogP contribution is 2.19. The van der Waals surface area contributed by atoms with E-state index in [1.165, 1.54) is 6.42 Å². The molecule has 0 saturated heterocycles. The van der Waals surface area contributed by atoms with Crippen molar-refractivity contribution in [3.63, 3.8) is 0 Å². The minimum atomic E-state index is 0.750. The van der Waals surface area contributed by atoms with Crippen LogP contribution in [-0.2, 0) is 0 Å². The zero-order valence-corrected chi connectivity index (χ0v) is 7.71. The Labute approximate surface area is 78.7 Å². The molecule has 72 valence electrons. The average Bonchev–Trinajstić information content (AvgIpc) is 2.31. The number of nitrogens with one attached hydrogen (secondary N) is 1. The average molecular weight is 180 g/mol. The summed E-state index contributed by atoms with van der Waals surface area (Å²) in [5.41, 5.74) is 11.7. The monoisotopic (exact) mass is 180 g/mol. The third-order valence-corrected chi connectivity index (χ3v) is 1.90. The Morgan fingerprint density at radius 2 is 1.85 bits per heavy atom. The van der Waals surface area contributed by atoms with Gasteiger partial charge in [-0.25, -0.2) is 0 Å². The minimum Gasteiger partial charge on any atom is -0.401 e. The number of nitriles is 1. The summed E-state index contributed by atoms with van der Waals surface area (Å²) in [6, 6.07) is 2.15. The van der Waals surface area contributed by atoms with E-state index in [0.29, 0.717) is 0 Å². The molecule has 0 heterocycles. The van der Waals surface area contributed by atoms with Gasteiger partial charge in [-0.2, -0.15) is 5.26 Å². The number of allylic oxidation sites excluding steroid dienone is 2. The molecule has 1 rings (SSSR count). The van der Waals surface area contributed by atoms with Crippen molar-refractivity contribution >= 4 is 6.34 Å². The molecule has 13 heavy (non-hydrogen) atoms. The maximum atomic E-state index is 8.60. The zero-order chi connectivity index (χ0) is 10.1. The fourth-order valence-corrected chi connectivity index (χ4v) is 1.23. The standard InChI is InChI=1S/C8H12N2.CH4N2/c9-6-7-4-2-1-3-5-8(7)10;2-1-3/h1-5,10H2;1H,(H3,2,3). The van der Waals surface area contributed by atoms with Crippen molar-refractivity contribution in [2.24, 2.45) is 11.5 Å². The Balaban J connectivity index is 0.000000424. The summed E-state index contributed by atoms with van der Waals surface area (Å²) in [5.74, 6) is 0. The van der Waals surface area contributed by atoms with Crippen LogP contribution >= 0.6 is 0 Å². The molecule has 0 atom stereocenters. The van der Waals surface area contributed by atoms with Crippen LogP contribution in [0.15, 0.2) is 11.3 Å². The van der Waals surface area contributed by atoms with Crippen LogP contribution < -0.4 is 11.5 Å². The van der Waals surface area contributed by atoms with Crippen molar-refractivity contribution in [1.82, 2.24) is 0 Å². The van der Waals surface area contributed by atoms with Crippen LogP contribution in [0.25, 0.3) is 0 Å². The number of hydrogen-bond donors (Lipinski definition) is 3. The highest BCUT2D eigenvalue weighted by atomic mass is 14.6. The number of rotatable bonds is 0. The van der Waals surface area contributed by atoms with Crippen LogP contribution in [-0.4, -0.2) is 6.34 Å². The molecule has 5 N–H and O–H groups in total. The Bertz CT molecular complexity index is 224. The van der Waals surface area contributed by atoms with Gasteiger partial charge in [0.1, 0.15) is 0 Å². The first kappa shape index (κ1) is 11.5. The van der Waals surface area contributed by atoms with E-state index >= 15 is 0 Å². The molecular formula is C9H16N4. The molecule has 0 aromatic carbocycles. The minimum absolute atomic E-state index is 0.750. The van der Waals surface area contributed by atoms with E-state index in [9.17, 15) is 0 Å². The smallest absolute Gasteiger partial charge is 0.0965 e. The molecule has 0 aliphatic heterocycles. The molecule has 0 radical (unpaired) electrons. The molecule has 0 spiro atoms. The second-order valence-corrected chi connectivity index (χ2v) is 2.84. The molecule has 0 bridgehead atoms. The Morgan fingerprint density at radius 3 is 2.38 bits per heavy atom. The van der Waals surface area contributed by atoms with Crippen LogP contribution in [0.5, 0.6) is 0 Å². The molecule has 0 amide bonds. The molecule has 1 aliphatic carbocycles. The maximum absolute atomic E-state index is 8.60. The fraction of sp³-hybridized carbons (Fsp3) is 0.556. The predicted molar refractivity (Wildman–Crippen MR) is 52.9 cm³/mol. The quantitative estimate of drug-likeness (QED) is 0.386. The van der Waals surface area contributed by atoms with Gasteiger partial charge in [0.05, 0.1) is 12.4 Å². The van der Waals surface area contributed by atoms with Gasteiger partial charge < -0.3 is 11.5 Å². The summed E-state index contributed by atoms with van der Waals surface area (Å²) in [6.07, 6.45) is 6.05. The summed E-state index contributed by atoms with van der Waals surface area (Å²) in [4.78, 5) is 0. The van der Waals surface area contributed by atoms with Gasteiger partial charge in [-0.05, 0) is 25.7 Å². The van der Waals surface area contributed by atoms with Crippen molar-refractivity contribution in [1.29, 1.82) is 10.7 Å². The molecule has 0 unspecified atom stereocenters. The van der Waals surface area contributed by atoms with Gasteiger partial charge in [0, 0.05) is 11.3 Å². The lowest BCUT2D eigenvalue weighted by Gasteiger charge is -1.96. The van der Waals surface area contributed by atoms with Crippen LogP contribution in [0.1, 0.15) is 32.1 Å². The summed E-state index contributed by atoms with van der Waals surface area (Å²) < 4.78 is 0. The van der Waals surface area contributed by atoms with Gasteiger partial charge in [-0.1, -0.05) is 6.42 Å². The Hall–Kier alpha value is -1.50. The SMILES string of the molecule is N#CC1=C(N)CCCCC1.N=CN. The lowest BCUT2D eigenvalue weighted by atomic mass is 10.1. The van der Waals surface area contributed by atoms with Crippen molar-refractivity contribution in [2.45, 2.75) is 32.1 Å². The lowest BCUT2D eigenvalue weighted by Crippen LogP contribution is -1.99. The molecule has 0 saturated carbocycles. The summed E-state index contributed by atoms with van der Waals surface area (Å²) in [7, 11) is 0. The van der Waals surface area contributed by atoms with Crippen molar-refractivity contribution in [2.75, 3.05) is 0 Å². The topological polar surface area (TPSA) is 99.7 Å². The van der Waals surface area contributed by atoms with E-state index in [-0.39, 0.29) is 0 Å². The predicted octanol–water partition coefficient (Wildman–Crippen LogP) is 1.24. The highest BCUT2D eigenvalue weighted by molar-refractivity contribution is 5.46. The third kappa shape index (κ3) is 4.86. The third-order valence-electron chi connectivity index (χ3n) is 1.90. The summed E-state index contributed by atoms with van der Waals surface area (Å²) in [5, 5.41) is 14.5. The van der Waals surface area contributed by atoms with Crippen LogP contribution in [0.2, 0.25) is 0 Å². The van der Waals surface area contributed by atoms with Gasteiger partial charge in [-0.15, -0.1) is 0 Å². The zero-order valence-electron chi connectivity index (χ0n) is 7.71. The van der Waals surface area contributed by atoms with E-state index in [1.54, 1.807) is 0 Å². The van der Waals surface area contributed by atoms with Gasteiger partial charge >= 0.3 is 0 Å². The first-order valence-corrected chi connectivity index (χ1v) is 4.34. The molecule has 1 aliphatic rings. The lowest BCUT2D eigenvalue weighted by molar-refractivity contribution is 0.707. The molecule has 4 heteroatoms.